The molecule has 1 amide bonds. The van der Waals surface area contributed by atoms with Crippen LogP contribution in [-0.4, -0.2) is 37.3 Å². The quantitative estimate of drug-likeness (QED) is 0.736. The summed E-state index contributed by atoms with van der Waals surface area (Å²) in [6.07, 6.45) is -4.45. The second-order valence-corrected chi connectivity index (χ2v) is 7.87. The summed E-state index contributed by atoms with van der Waals surface area (Å²) in [5.74, 6) is -0.433. The van der Waals surface area contributed by atoms with Crippen LogP contribution in [0.4, 0.5) is 13.2 Å². The number of likely N-dealkylation sites (tertiary alicyclic amines) is 1. The Morgan fingerprint density at radius 3 is 2.57 bits per heavy atom. The lowest BCUT2D eigenvalue weighted by Crippen LogP contribution is -2.47. The largest absolute Gasteiger partial charge is 0.436 e. The van der Waals surface area contributed by atoms with Crippen molar-refractivity contribution in [3.05, 3.63) is 52.3 Å². The fraction of sp³-hybridized carbons (Fsp3) is 0.444. The van der Waals surface area contributed by atoms with E-state index < -0.39 is 40.4 Å². The summed E-state index contributed by atoms with van der Waals surface area (Å²) in [7, 11) is 0. The number of halogens is 5. The molecule has 0 saturated carbocycles. The van der Waals surface area contributed by atoms with E-state index in [4.69, 9.17) is 23.2 Å². The molecule has 0 radical (unpaired) electrons. The Morgan fingerprint density at radius 1 is 1.36 bits per heavy atom. The van der Waals surface area contributed by atoms with Crippen molar-refractivity contribution in [1.29, 1.82) is 0 Å². The Morgan fingerprint density at radius 2 is 2.00 bits per heavy atom. The first-order valence-electron chi connectivity index (χ1n) is 8.55. The normalized spacial score (nSPS) is 23.1. The molecule has 5 nitrogen and oxygen atoms in total. The van der Waals surface area contributed by atoms with E-state index in [1.807, 2.05) is 6.07 Å². The van der Waals surface area contributed by atoms with Gasteiger partial charge < -0.3 is 10.0 Å². The standard InChI is InChI=1S/C18H18Cl2F3N3O2/c1-11-15(19)16(18(21,22)23)24-26(11)10-14(27)25-8-7-17(20,28)9-13(25)12-5-3-2-4-6-12/h2-6,13,28H,7-10H2,1H3. The molecular weight excluding hydrogens is 418 g/mol. The third-order valence-corrected chi connectivity index (χ3v) is 5.61. The van der Waals surface area contributed by atoms with Gasteiger partial charge in [-0.1, -0.05) is 53.5 Å². The van der Waals surface area contributed by atoms with Crippen molar-refractivity contribution < 1.29 is 23.1 Å². The molecule has 0 aliphatic carbocycles. The van der Waals surface area contributed by atoms with E-state index in [-0.39, 0.29) is 25.1 Å². The number of alkyl halides is 4. The van der Waals surface area contributed by atoms with Crippen LogP contribution in [0, 0.1) is 6.92 Å². The van der Waals surface area contributed by atoms with Crippen molar-refractivity contribution >= 4 is 29.1 Å². The highest BCUT2D eigenvalue weighted by Crippen LogP contribution is 2.39. The molecule has 1 saturated heterocycles. The van der Waals surface area contributed by atoms with E-state index in [9.17, 15) is 23.1 Å². The van der Waals surface area contributed by atoms with Crippen molar-refractivity contribution in [2.24, 2.45) is 0 Å². The van der Waals surface area contributed by atoms with Crippen molar-refractivity contribution in [3.63, 3.8) is 0 Å². The predicted molar refractivity (Wildman–Crippen MR) is 97.9 cm³/mol. The van der Waals surface area contributed by atoms with E-state index in [0.29, 0.717) is 0 Å². The second kappa shape index (κ2) is 7.57. The van der Waals surface area contributed by atoms with Gasteiger partial charge in [0.25, 0.3) is 0 Å². The summed E-state index contributed by atoms with van der Waals surface area (Å²) in [4.78, 5) is 14.4. The maximum absolute atomic E-state index is 13.0. The number of carbonyl (C=O) groups excluding carboxylic acids is 1. The van der Waals surface area contributed by atoms with Gasteiger partial charge in [0, 0.05) is 19.4 Å². The zero-order valence-electron chi connectivity index (χ0n) is 14.9. The molecule has 28 heavy (non-hydrogen) atoms. The van der Waals surface area contributed by atoms with Crippen LogP contribution in [-0.2, 0) is 17.5 Å². The number of hydrogen-bond donors (Lipinski definition) is 1. The third kappa shape index (κ3) is 4.29. The number of aromatic nitrogens is 2. The summed E-state index contributed by atoms with van der Waals surface area (Å²) in [5, 5.41) is 11.7. The molecule has 3 rings (SSSR count). The molecular formula is C18H18Cl2F3N3O2. The second-order valence-electron chi connectivity index (χ2n) is 6.79. The van der Waals surface area contributed by atoms with Crippen LogP contribution in [0.3, 0.4) is 0 Å². The highest BCUT2D eigenvalue weighted by atomic mass is 35.5. The zero-order chi connectivity index (χ0) is 20.7. The lowest BCUT2D eigenvalue weighted by molar-refractivity contribution is -0.143. The van der Waals surface area contributed by atoms with Crippen LogP contribution in [0.25, 0.3) is 0 Å². The Hall–Kier alpha value is -1.77. The van der Waals surface area contributed by atoms with Crippen molar-refractivity contribution in [2.75, 3.05) is 6.54 Å². The Balaban J connectivity index is 1.87. The lowest BCUT2D eigenvalue weighted by Gasteiger charge is -2.41. The minimum Gasteiger partial charge on any atom is -0.375 e. The molecule has 10 heteroatoms. The van der Waals surface area contributed by atoms with Crippen molar-refractivity contribution in [2.45, 2.75) is 43.6 Å². The van der Waals surface area contributed by atoms with Gasteiger partial charge in [0.1, 0.15) is 11.6 Å². The van der Waals surface area contributed by atoms with Gasteiger partial charge in [-0.25, -0.2) is 0 Å². The average Bonchev–Trinajstić information content (AvgIpc) is 2.90. The predicted octanol–water partition coefficient (Wildman–Crippen LogP) is 4.15. The number of rotatable bonds is 3. The van der Waals surface area contributed by atoms with Crippen LogP contribution < -0.4 is 0 Å². The van der Waals surface area contributed by atoms with E-state index in [1.54, 1.807) is 24.3 Å². The number of benzene rings is 1. The lowest BCUT2D eigenvalue weighted by atomic mass is 9.92. The van der Waals surface area contributed by atoms with Crippen LogP contribution in [0.2, 0.25) is 5.02 Å². The summed E-state index contributed by atoms with van der Waals surface area (Å²) in [6.45, 7) is 1.14. The molecule has 0 bridgehead atoms. The molecule has 1 aromatic carbocycles. The van der Waals surface area contributed by atoms with E-state index >= 15 is 0 Å². The molecule has 1 aromatic heterocycles. The summed E-state index contributed by atoms with van der Waals surface area (Å²) in [6, 6.07) is 8.53. The van der Waals surface area contributed by atoms with Crippen LogP contribution in [0.5, 0.6) is 0 Å². The van der Waals surface area contributed by atoms with Gasteiger partial charge in [0.15, 0.2) is 5.69 Å². The molecule has 152 valence electrons. The number of carbonyl (C=O) groups is 1. The van der Waals surface area contributed by atoms with E-state index in [2.05, 4.69) is 5.10 Å². The van der Waals surface area contributed by atoms with Gasteiger partial charge in [-0.05, 0) is 12.5 Å². The Bertz CT molecular complexity index is 869. The minimum atomic E-state index is -4.71. The van der Waals surface area contributed by atoms with Crippen LogP contribution in [0.1, 0.15) is 35.8 Å². The minimum absolute atomic E-state index is 0.0597. The van der Waals surface area contributed by atoms with Gasteiger partial charge in [0.2, 0.25) is 5.91 Å². The monoisotopic (exact) mass is 435 g/mol. The molecule has 2 unspecified atom stereocenters. The third-order valence-electron chi connectivity index (χ3n) is 4.81. The number of nitrogens with zero attached hydrogens (tertiary/aromatic N) is 3. The zero-order valence-corrected chi connectivity index (χ0v) is 16.4. The molecule has 1 fully saturated rings. The molecule has 1 aliphatic rings. The van der Waals surface area contributed by atoms with E-state index in [0.717, 1.165) is 10.2 Å². The Kier molecular flexibility index (Phi) is 5.67. The van der Waals surface area contributed by atoms with Crippen molar-refractivity contribution in [1.82, 2.24) is 14.7 Å². The summed E-state index contributed by atoms with van der Waals surface area (Å²) in [5.41, 5.74) is -0.377. The first kappa shape index (κ1) is 21.0. The SMILES string of the molecule is Cc1c(Cl)c(C(F)(F)F)nn1CC(=O)N1CCC(O)(Cl)CC1c1ccccc1. The van der Waals surface area contributed by atoms with Gasteiger partial charge in [-0.3, -0.25) is 9.48 Å². The number of aliphatic hydroxyl groups is 1. The van der Waals surface area contributed by atoms with Gasteiger partial charge >= 0.3 is 6.18 Å². The number of amides is 1. The fourth-order valence-electron chi connectivity index (χ4n) is 3.31. The van der Waals surface area contributed by atoms with Crippen molar-refractivity contribution in [3.8, 4) is 0 Å². The molecule has 2 heterocycles. The smallest absolute Gasteiger partial charge is 0.375 e. The molecule has 2 atom stereocenters. The number of hydrogen-bond acceptors (Lipinski definition) is 3. The van der Waals surface area contributed by atoms with Gasteiger partial charge in [0.05, 0.1) is 16.8 Å². The first-order chi connectivity index (χ1) is 13.0. The Labute approximate surface area is 169 Å². The van der Waals surface area contributed by atoms with Gasteiger partial charge in [-0.15, -0.1) is 0 Å². The highest BCUT2D eigenvalue weighted by molar-refractivity contribution is 6.32. The maximum atomic E-state index is 13.0. The molecule has 2 aromatic rings. The molecule has 1 aliphatic heterocycles. The molecule has 1 N–H and O–H groups in total. The average molecular weight is 436 g/mol. The van der Waals surface area contributed by atoms with E-state index in [1.165, 1.54) is 11.8 Å². The molecule has 0 spiro atoms. The summed E-state index contributed by atoms with van der Waals surface area (Å²) >= 11 is 11.9. The van der Waals surface area contributed by atoms with Gasteiger partial charge in [-0.2, -0.15) is 18.3 Å². The maximum Gasteiger partial charge on any atom is 0.436 e. The number of piperidine rings is 1. The first-order valence-corrected chi connectivity index (χ1v) is 9.31. The van der Waals surface area contributed by atoms with Crippen LogP contribution >= 0.6 is 23.2 Å². The topological polar surface area (TPSA) is 58.4 Å². The van der Waals surface area contributed by atoms with Crippen LogP contribution in [0.15, 0.2) is 30.3 Å². The summed E-state index contributed by atoms with van der Waals surface area (Å²) < 4.78 is 40.0. The fourth-order valence-corrected chi connectivity index (χ4v) is 3.78. The highest BCUT2D eigenvalue weighted by Gasteiger charge is 2.41.